The maximum atomic E-state index is 11.8. The number of aliphatic carboxylic acids is 1. The van der Waals surface area contributed by atoms with Gasteiger partial charge in [0.1, 0.15) is 5.54 Å². The Kier molecular flexibility index (Phi) is 5.08. The van der Waals surface area contributed by atoms with E-state index in [0.717, 1.165) is 25.7 Å². The van der Waals surface area contributed by atoms with Crippen molar-refractivity contribution in [3.05, 3.63) is 0 Å². The monoisotopic (exact) mass is 283 g/mol. The van der Waals surface area contributed by atoms with Crippen LogP contribution in [0.25, 0.3) is 0 Å². The fraction of sp³-hybridized carbons (Fsp3) is 0.938. The first kappa shape index (κ1) is 15.8. The van der Waals surface area contributed by atoms with E-state index in [4.69, 9.17) is 4.74 Å². The van der Waals surface area contributed by atoms with Gasteiger partial charge >= 0.3 is 5.97 Å². The van der Waals surface area contributed by atoms with E-state index in [9.17, 15) is 9.90 Å². The molecule has 2 saturated carbocycles. The van der Waals surface area contributed by atoms with Crippen LogP contribution < -0.4 is 5.32 Å². The zero-order chi connectivity index (χ0) is 14.8. The van der Waals surface area contributed by atoms with Crippen molar-refractivity contribution in [3.63, 3.8) is 0 Å². The molecule has 0 heterocycles. The number of carbonyl (C=O) groups is 1. The molecule has 3 atom stereocenters. The zero-order valence-corrected chi connectivity index (χ0v) is 13.0. The third-order valence-electron chi connectivity index (χ3n) is 4.83. The molecule has 0 saturated heterocycles. The molecule has 2 fully saturated rings. The highest BCUT2D eigenvalue weighted by atomic mass is 16.5. The quantitative estimate of drug-likeness (QED) is 0.754. The lowest BCUT2D eigenvalue weighted by Gasteiger charge is -2.36. The molecule has 3 unspecified atom stereocenters. The van der Waals surface area contributed by atoms with Crippen molar-refractivity contribution < 1.29 is 14.6 Å². The van der Waals surface area contributed by atoms with Crippen molar-refractivity contribution >= 4 is 5.97 Å². The average Bonchev–Trinajstić information content (AvgIpc) is 3.17. The number of nitrogens with one attached hydrogen (secondary N) is 1. The molecule has 2 aliphatic rings. The minimum absolute atomic E-state index is 0.227. The second-order valence-electron chi connectivity index (χ2n) is 6.93. The van der Waals surface area contributed by atoms with Crippen molar-refractivity contribution in [2.75, 3.05) is 13.2 Å². The summed E-state index contributed by atoms with van der Waals surface area (Å²) >= 11 is 0. The van der Waals surface area contributed by atoms with Gasteiger partial charge in [0, 0.05) is 0 Å². The van der Waals surface area contributed by atoms with Gasteiger partial charge in [-0.25, -0.2) is 0 Å². The van der Waals surface area contributed by atoms with E-state index in [1.165, 1.54) is 6.42 Å². The number of hydrogen-bond donors (Lipinski definition) is 2. The Morgan fingerprint density at radius 1 is 1.25 bits per heavy atom. The topological polar surface area (TPSA) is 58.6 Å². The lowest BCUT2D eigenvalue weighted by molar-refractivity contribution is -0.151. The van der Waals surface area contributed by atoms with E-state index < -0.39 is 11.5 Å². The maximum Gasteiger partial charge on any atom is 0.326 e. The minimum Gasteiger partial charge on any atom is -0.480 e. The summed E-state index contributed by atoms with van der Waals surface area (Å²) in [5.74, 6) is 0.850. The molecule has 0 aliphatic heterocycles. The Morgan fingerprint density at radius 2 is 1.85 bits per heavy atom. The average molecular weight is 283 g/mol. The second kappa shape index (κ2) is 6.44. The van der Waals surface area contributed by atoms with Crippen LogP contribution in [-0.4, -0.2) is 35.9 Å². The Bertz CT molecular complexity index is 333. The molecule has 0 radical (unpaired) electrons. The molecule has 4 nitrogen and oxygen atoms in total. The highest BCUT2D eigenvalue weighted by Crippen LogP contribution is 2.41. The van der Waals surface area contributed by atoms with Crippen LogP contribution in [0.2, 0.25) is 0 Å². The van der Waals surface area contributed by atoms with Crippen LogP contribution in [0, 0.1) is 17.8 Å². The van der Waals surface area contributed by atoms with Gasteiger partial charge in [-0.1, -0.05) is 20.8 Å². The normalized spacial score (nSPS) is 33.6. The molecule has 0 bridgehead atoms. The molecule has 0 aromatic rings. The Hall–Kier alpha value is -0.610. The summed E-state index contributed by atoms with van der Waals surface area (Å²) in [7, 11) is 0. The van der Waals surface area contributed by atoms with E-state index in [0.29, 0.717) is 25.0 Å². The van der Waals surface area contributed by atoms with Crippen molar-refractivity contribution in [2.45, 2.75) is 64.5 Å². The first-order valence-corrected chi connectivity index (χ1v) is 8.08. The molecule has 0 aromatic heterocycles. The van der Waals surface area contributed by atoms with E-state index in [1.54, 1.807) is 0 Å². The first-order valence-electron chi connectivity index (χ1n) is 8.08. The standard InChI is InChI=1S/C16H29NO3/c1-4-17-16(15(18)19,13-5-6-13)10-20-14-8-11(2)7-12(3)9-14/h11-14,17H,4-10H2,1-3H3,(H,18,19). The predicted octanol–water partition coefficient (Wildman–Crippen LogP) is 2.67. The molecule has 0 spiro atoms. The smallest absolute Gasteiger partial charge is 0.326 e. The molecular formula is C16H29NO3. The van der Waals surface area contributed by atoms with E-state index in [2.05, 4.69) is 19.2 Å². The first-order chi connectivity index (χ1) is 9.48. The third-order valence-corrected chi connectivity index (χ3v) is 4.83. The highest BCUT2D eigenvalue weighted by Gasteiger charge is 2.51. The summed E-state index contributed by atoms with van der Waals surface area (Å²) in [4.78, 5) is 11.8. The lowest BCUT2D eigenvalue weighted by atomic mass is 9.81. The van der Waals surface area contributed by atoms with Gasteiger partial charge in [-0.3, -0.25) is 10.1 Å². The molecule has 116 valence electrons. The summed E-state index contributed by atoms with van der Waals surface area (Å²) in [5.41, 5.74) is -0.862. The van der Waals surface area contributed by atoms with E-state index in [-0.39, 0.29) is 12.0 Å². The number of carboxylic acid groups (broad SMARTS) is 1. The van der Waals surface area contributed by atoms with Crippen molar-refractivity contribution in [1.82, 2.24) is 5.32 Å². The van der Waals surface area contributed by atoms with Crippen molar-refractivity contribution in [1.29, 1.82) is 0 Å². The van der Waals surface area contributed by atoms with Crippen LogP contribution >= 0.6 is 0 Å². The van der Waals surface area contributed by atoms with Gasteiger partial charge in [0.05, 0.1) is 12.7 Å². The van der Waals surface area contributed by atoms with Gasteiger partial charge < -0.3 is 9.84 Å². The van der Waals surface area contributed by atoms with Gasteiger partial charge in [0.15, 0.2) is 0 Å². The summed E-state index contributed by atoms with van der Waals surface area (Å²) in [5, 5.41) is 12.9. The van der Waals surface area contributed by atoms with Gasteiger partial charge in [-0.05, 0) is 56.4 Å². The summed E-state index contributed by atoms with van der Waals surface area (Å²) < 4.78 is 6.06. The Labute approximate surface area is 122 Å². The third kappa shape index (κ3) is 3.53. The molecule has 20 heavy (non-hydrogen) atoms. The van der Waals surface area contributed by atoms with Gasteiger partial charge in [0.25, 0.3) is 0 Å². The predicted molar refractivity (Wildman–Crippen MR) is 78.7 cm³/mol. The summed E-state index contributed by atoms with van der Waals surface area (Å²) in [6.07, 6.45) is 5.62. The SMILES string of the molecule is CCNC(COC1CC(C)CC(C)C1)(C(=O)O)C1CC1. The Morgan fingerprint density at radius 3 is 2.30 bits per heavy atom. The van der Waals surface area contributed by atoms with Crippen LogP contribution in [0.5, 0.6) is 0 Å². The Balaban J connectivity index is 1.96. The van der Waals surface area contributed by atoms with Gasteiger partial charge in [0.2, 0.25) is 0 Å². The van der Waals surface area contributed by atoms with Crippen molar-refractivity contribution in [3.8, 4) is 0 Å². The molecule has 0 aromatic carbocycles. The van der Waals surface area contributed by atoms with Gasteiger partial charge in [-0.15, -0.1) is 0 Å². The summed E-state index contributed by atoms with van der Waals surface area (Å²) in [6.45, 7) is 7.47. The number of likely N-dealkylation sites (N-methyl/N-ethyl adjacent to an activating group) is 1. The van der Waals surface area contributed by atoms with Crippen LogP contribution in [-0.2, 0) is 9.53 Å². The second-order valence-corrected chi connectivity index (χ2v) is 6.93. The maximum absolute atomic E-state index is 11.8. The number of rotatable bonds is 7. The fourth-order valence-corrected chi connectivity index (χ4v) is 3.78. The molecule has 0 amide bonds. The fourth-order valence-electron chi connectivity index (χ4n) is 3.78. The summed E-state index contributed by atoms with van der Waals surface area (Å²) in [6, 6.07) is 0. The van der Waals surface area contributed by atoms with Crippen LogP contribution in [0.4, 0.5) is 0 Å². The highest BCUT2D eigenvalue weighted by molar-refractivity contribution is 5.80. The molecular weight excluding hydrogens is 254 g/mol. The van der Waals surface area contributed by atoms with E-state index in [1.807, 2.05) is 6.92 Å². The van der Waals surface area contributed by atoms with E-state index >= 15 is 0 Å². The molecule has 2 aliphatic carbocycles. The zero-order valence-electron chi connectivity index (χ0n) is 13.0. The van der Waals surface area contributed by atoms with Crippen LogP contribution in [0.15, 0.2) is 0 Å². The molecule has 2 N–H and O–H groups in total. The lowest BCUT2D eigenvalue weighted by Crippen LogP contribution is -2.58. The van der Waals surface area contributed by atoms with Crippen LogP contribution in [0.1, 0.15) is 52.9 Å². The molecule has 2 rings (SSSR count). The number of hydrogen-bond acceptors (Lipinski definition) is 3. The number of carboxylic acids is 1. The number of ether oxygens (including phenoxy) is 1. The van der Waals surface area contributed by atoms with Crippen LogP contribution in [0.3, 0.4) is 0 Å². The molecule has 4 heteroatoms. The minimum atomic E-state index is -0.862. The van der Waals surface area contributed by atoms with Gasteiger partial charge in [-0.2, -0.15) is 0 Å². The van der Waals surface area contributed by atoms with Crippen molar-refractivity contribution in [2.24, 2.45) is 17.8 Å². The largest absolute Gasteiger partial charge is 0.480 e.